The zero-order valence-corrected chi connectivity index (χ0v) is 14.2. The standard InChI is InChI=1S/C15H21BrN4O2/c1-9(2)18-14(21)8-17-15(22)13-7-12(19-20-13)10-3-5-11(16)6-4-10/h3-6,9,12-13,19-20H,7-8H2,1-2H3,(H,17,22)(H,18,21). The van der Waals surface area contributed by atoms with Gasteiger partial charge in [-0.05, 0) is 38.0 Å². The number of hydrogen-bond donors (Lipinski definition) is 4. The molecule has 0 aromatic heterocycles. The molecule has 2 rings (SSSR count). The first-order valence-corrected chi connectivity index (χ1v) is 8.08. The Morgan fingerprint density at radius 1 is 1.27 bits per heavy atom. The molecular formula is C15H21BrN4O2. The van der Waals surface area contributed by atoms with E-state index in [2.05, 4.69) is 37.4 Å². The van der Waals surface area contributed by atoms with Crippen molar-refractivity contribution in [2.45, 2.75) is 38.4 Å². The van der Waals surface area contributed by atoms with Gasteiger partial charge in [0.15, 0.2) is 0 Å². The number of carbonyl (C=O) groups is 2. The fourth-order valence-corrected chi connectivity index (χ4v) is 2.57. The minimum Gasteiger partial charge on any atom is -0.352 e. The number of carbonyl (C=O) groups excluding carboxylic acids is 2. The summed E-state index contributed by atoms with van der Waals surface area (Å²) in [5, 5.41) is 5.38. The van der Waals surface area contributed by atoms with Crippen molar-refractivity contribution in [2.24, 2.45) is 0 Å². The third-order valence-electron chi connectivity index (χ3n) is 3.36. The molecule has 1 heterocycles. The summed E-state index contributed by atoms with van der Waals surface area (Å²) in [5.74, 6) is -0.357. The van der Waals surface area contributed by atoms with Crippen LogP contribution in [0.5, 0.6) is 0 Å². The summed E-state index contributed by atoms with van der Waals surface area (Å²) in [6, 6.07) is 7.77. The van der Waals surface area contributed by atoms with E-state index >= 15 is 0 Å². The van der Waals surface area contributed by atoms with E-state index in [1.54, 1.807) is 0 Å². The highest BCUT2D eigenvalue weighted by molar-refractivity contribution is 9.10. The van der Waals surface area contributed by atoms with Crippen LogP contribution >= 0.6 is 15.9 Å². The number of rotatable bonds is 5. The lowest BCUT2D eigenvalue weighted by Crippen LogP contribution is -2.47. The van der Waals surface area contributed by atoms with Gasteiger partial charge in [0.2, 0.25) is 11.8 Å². The second-order valence-electron chi connectivity index (χ2n) is 5.62. The minimum absolute atomic E-state index is 0.00184. The molecule has 2 amide bonds. The molecule has 0 saturated carbocycles. The highest BCUT2D eigenvalue weighted by Gasteiger charge is 2.30. The summed E-state index contributed by atoms with van der Waals surface area (Å²) in [6.45, 7) is 3.76. The first-order chi connectivity index (χ1) is 10.5. The molecule has 1 saturated heterocycles. The first kappa shape index (κ1) is 16.9. The van der Waals surface area contributed by atoms with Crippen LogP contribution in [0.3, 0.4) is 0 Å². The third-order valence-corrected chi connectivity index (χ3v) is 3.89. The van der Waals surface area contributed by atoms with Gasteiger partial charge in [-0.1, -0.05) is 28.1 Å². The number of amides is 2. The SMILES string of the molecule is CC(C)NC(=O)CNC(=O)C1CC(c2ccc(Br)cc2)NN1. The lowest BCUT2D eigenvalue weighted by atomic mass is 10.0. The van der Waals surface area contributed by atoms with E-state index in [0.717, 1.165) is 10.0 Å². The molecule has 0 aliphatic carbocycles. The summed E-state index contributed by atoms with van der Waals surface area (Å²) >= 11 is 3.40. The predicted molar refractivity (Wildman–Crippen MR) is 87.8 cm³/mol. The Balaban J connectivity index is 1.81. The van der Waals surface area contributed by atoms with Crippen LogP contribution in [0.2, 0.25) is 0 Å². The minimum atomic E-state index is -0.347. The van der Waals surface area contributed by atoms with E-state index in [4.69, 9.17) is 0 Å². The van der Waals surface area contributed by atoms with Gasteiger partial charge < -0.3 is 10.6 Å². The first-order valence-electron chi connectivity index (χ1n) is 7.29. The van der Waals surface area contributed by atoms with Gasteiger partial charge in [0.1, 0.15) is 6.04 Å². The maximum Gasteiger partial charge on any atom is 0.239 e. The van der Waals surface area contributed by atoms with Gasteiger partial charge in [-0.3, -0.25) is 9.59 Å². The van der Waals surface area contributed by atoms with Crippen LogP contribution in [0, 0.1) is 0 Å². The molecule has 7 heteroatoms. The topological polar surface area (TPSA) is 82.3 Å². The van der Waals surface area contributed by atoms with Crippen molar-refractivity contribution in [1.29, 1.82) is 0 Å². The highest BCUT2D eigenvalue weighted by Crippen LogP contribution is 2.23. The Kier molecular flexibility index (Phi) is 5.93. The van der Waals surface area contributed by atoms with E-state index in [9.17, 15) is 9.59 Å². The van der Waals surface area contributed by atoms with Crippen molar-refractivity contribution in [1.82, 2.24) is 21.5 Å². The van der Waals surface area contributed by atoms with Crippen molar-refractivity contribution in [3.8, 4) is 0 Å². The van der Waals surface area contributed by atoms with Gasteiger partial charge in [0.05, 0.1) is 6.54 Å². The van der Waals surface area contributed by atoms with E-state index in [-0.39, 0.29) is 36.5 Å². The van der Waals surface area contributed by atoms with E-state index in [1.165, 1.54) is 0 Å². The Hall–Kier alpha value is -1.44. The van der Waals surface area contributed by atoms with Crippen LogP contribution in [-0.2, 0) is 9.59 Å². The molecule has 2 unspecified atom stereocenters. The average Bonchev–Trinajstić information content (AvgIpc) is 2.94. The summed E-state index contributed by atoms with van der Waals surface area (Å²) < 4.78 is 1.02. The summed E-state index contributed by atoms with van der Waals surface area (Å²) in [5.41, 5.74) is 7.21. The Morgan fingerprint density at radius 2 is 1.95 bits per heavy atom. The lowest BCUT2D eigenvalue weighted by molar-refractivity contribution is -0.127. The molecule has 4 N–H and O–H groups in total. The van der Waals surface area contributed by atoms with Crippen LogP contribution < -0.4 is 21.5 Å². The lowest BCUT2D eigenvalue weighted by Gasteiger charge is -2.12. The third kappa shape index (κ3) is 4.79. The number of benzene rings is 1. The molecule has 120 valence electrons. The molecule has 0 spiro atoms. The number of hydrazine groups is 1. The molecule has 1 fully saturated rings. The van der Waals surface area contributed by atoms with E-state index in [0.29, 0.717) is 6.42 Å². The Bertz CT molecular complexity index is 533. The number of nitrogens with one attached hydrogen (secondary N) is 4. The molecule has 1 aromatic rings. The van der Waals surface area contributed by atoms with Gasteiger partial charge in [-0.25, -0.2) is 10.9 Å². The largest absolute Gasteiger partial charge is 0.352 e. The predicted octanol–water partition coefficient (Wildman–Crippen LogP) is 0.997. The van der Waals surface area contributed by atoms with Gasteiger partial charge in [0.25, 0.3) is 0 Å². The normalized spacial score (nSPS) is 20.9. The Morgan fingerprint density at radius 3 is 2.59 bits per heavy atom. The highest BCUT2D eigenvalue weighted by atomic mass is 79.9. The molecule has 1 aliphatic heterocycles. The van der Waals surface area contributed by atoms with Gasteiger partial charge in [0, 0.05) is 16.6 Å². The zero-order chi connectivity index (χ0) is 16.1. The summed E-state index contributed by atoms with van der Waals surface area (Å²) in [6.07, 6.45) is 0.638. The van der Waals surface area contributed by atoms with Crippen LogP contribution in [0.4, 0.5) is 0 Å². The van der Waals surface area contributed by atoms with Crippen LogP contribution in [0.25, 0.3) is 0 Å². The van der Waals surface area contributed by atoms with Gasteiger partial charge in [-0.15, -0.1) is 0 Å². The molecule has 2 atom stereocenters. The zero-order valence-electron chi connectivity index (χ0n) is 12.7. The van der Waals surface area contributed by atoms with Crippen LogP contribution in [-0.4, -0.2) is 30.4 Å². The van der Waals surface area contributed by atoms with Gasteiger partial charge >= 0.3 is 0 Å². The van der Waals surface area contributed by atoms with Gasteiger partial charge in [-0.2, -0.15) is 0 Å². The fourth-order valence-electron chi connectivity index (χ4n) is 2.31. The van der Waals surface area contributed by atoms with Crippen LogP contribution in [0.1, 0.15) is 31.9 Å². The number of halogens is 1. The number of hydrogen-bond acceptors (Lipinski definition) is 4. The second kappa shape index (κ2) is 7.71. The molecule has 1 aliphatic rings. The maximum absolute atomic E-state index is 12.1. The van der Waals surface area contributed by atoms with Crippen molar-refractivity contribution < 1.29 is 9.59 Å². The van der Waals surface area contributed by atoms with E-state index < -0.39 is 0 Å². The Labute approximate surface area is 138 Å². The molecule has 22 heavy (non-hydrogen) atoms. The second-order valence-corrected chi connectivity index (χ2v) is 6.54. The van der Waals surface area contributed by atoms with Crippen molar-refractivity contribution >= 4 is 27.7 Å². The van der Waals surface area contributed by atoms with Crippen molar-refractivity contribution in [3.63, 3.8) is 0 Å². The molecule has 1 aromatic carbocycles. The molecular weight excluding hydrogens is 348 g/mol. The monoisotopic (exact) mass is 368 g/mol. The van der Waals surface area contributed by atoms with Crippen molar-refractivity contribution in [2.75, 3.05) is 6.54 Å². The van der Waals surface area contributed by atoms with Crippen LogP contribution in [0.15, 0.2) is 28.7 Å². The van der Waals surface area contributed by atoms with E-state index in [1.807, 2.05) is 38.1 Å². The summed E-state index contributed by atoms with van der Waals surface area (Å²) in [7, 11) is 0. The molecule has 0 bridgehead atoms. The van der Waals surface area contributed by atoms with Crippen molar-refractivity contribution in [3.05, 3.63) is 34.3 Å². The average molecular weight is 369 g/mol. The maximum atomic E-state index is 12.1. The molecule has 0 radical (unpaired) electrons. The smallest absolute Gasteiger partial charge is 0.239 e. The quantitative estimate of drug-likeness (QED) is 0.624. The molecule has 6 nitrogen and oxygen atoms in total. The fraction of sp³-hybridized carbons (Fsp3) is 0.467. The summed E-state index contributed by atoms with van der Waals surface area (Å²) in [4.78, 5) is 23.6.